The Morgan fingerprint density at radius 2 is 2.19 bits per heavy atom. The summed E-state index contributed by atoms with van der Waals surface area (Å²) in [4.78, 5) is 14.0. The summed E-state index contributed by atoms with van der Waals surface area (Å²) >= 11 is 5.52. The average molecular weight is 317 g/mol. The number of benzene rings is 1. The first-order valence-electron chi connectivity index (χ1n) is 7.20. The molecule has 3 nitrogen and oxygen atoms in total. The molecular formula is C15H19ClF2N2O. The Balaban J connectivity index is 2.19. The molecule has 1 fully saturated rings. The molecule has 21 heavy (non-hydrogen) atoms. The second kappa shape index (κ2) is 7.18. The first kappa shape index (κ1) is 16.2. The third-order valence-corrected chi connectivity index (χ3v) is 3.91. The molecule has 1 N–H and O–H groups in total. The molecule has 1 aromatic carbocycles. The number of carbonyl (C=O) groups is 1. The van der Waals surface area contributed by atoms with Gasteiger partial charge in [-0.15, -0.1) is 0 Å². The topological polar surface area (TPSA) is 32.3 Å². The minimum absolute atomic E-state index is 0.223. The van der Waals surface area contributed by atoms with Crippen molar-refractivity contribution < 1.29 is 13.6 Å². The molecule has 2 rings (SSSR count). The van der Waals surface area contributed by atoms with Gasteiger partial charge in [-0.3, -0.25) is 4.79 Å². The summed E-state index contributed by atoms with van der Waals surface area (Å²) in [5, 5.41) is 2.99. The van der Waals surface area contributed by atoms with Gasteiger partial charge in [0.25, 0.3) is 5.91 Å². The molecule has 1 aromatic rings. The SMILES string of the molecule is CCCN(CC1CCCN1)C(=O)c1cc(F)c(Cl)cc1F. The van der Waals surface area contributed by atoms with Gasteiger partial charge in [-0.2, -0.15) is 0 Å². The zero-order chi connectivity index (χ0) is 15.4. The Bertz CT molecular complexity index is 519. The van der Waals surface area contributed by atoms with Crippen molar-refractivity contribution >= 4 is 17.5 Å². The fourth-order valence-corrected chi connectivity index (χ4v) is 2.73. The van der Waals surface area contributed by atoms with Gasteiger partial charge >= 0.3 is 0 Å². The van der Waals surface area contributed by atoms with Crippen molar-refractivity contribution in [1.29, 1.82) is 0 Å². The molecule has 1 heterocycles. The van der Waals surface area contributed by atoms with Crippen molar-refractivity contribution in [2.45, 2.75) is 32.2 Å². The Hall–Kier alpha value is -1.20. The molecule has 1 atom stereocenters. The molecule has 1 saturated heterocycles. The smallest absolute Gasteiger partial charge is 0.256 e. The zero-order valence-corrected chi connectivity index (χ0v) is 12.7. The van der Waals surface area contributed by atoms with Gasteiger partial charge in [-0.1, -0.05) is 18.5 Å². The normalized spacial score (nSPS) is 18.0. The highest BCUT2D eigenvalue weighted by atomic mass is 35.5. The Morgan fingerprint density at radius 3 is 2.81 bits per heavy atom. The van der Waals surface area contributed by atoms with E-state index < -0.39 is 17.5 Å². The van der Waals surface area contributed by atoms with Crippen LogP contribution in [-0.2, 0) is 0 Å². The summed E-state index contributed by atoms with van der Waals surface area (Å²) in [7, 11) is 0. The quantitative estimate of drug-likeness (QED) is 0.846. The Labute approximate surface area is 128 Å². The Kier molecular flexibility index (Phi) is 5.53. The summed E-state index contributed by atoms with van der Waals surface area (Å²) < 4.78 is 27.4. The first-order valence-corrected chi connectivity index (χ1v) is 7.58. The van der Waals surface area contributed by atoms with Crippen LogP contribution in [0.2, 0.25) is 5.02 Å². The summed E-state index contributed by atoms with van der Waals surface area (Å²) in [6, 6.07) is 1.95. The number of halogens is 3. The molecule has 0 aliphatic carbocycles. The third kappa shape index (κ3) is 3.92. The van der Waals surface area contributed by atoms with Gasteiger partial charge in [-0.25, -0.2) is 8.78 Å². The van der Waals surface area contributed by atoms with Crippen molar-refractivity contribution in [3.8, 4) is 0 Å². The van der Waals surface area contributed by atoms with E-state index in [9.17, 15) is 13.6 Å². The average Bonchev–Trinajstić information content (AvgIpc) is 2.94. The van der Waals surface area contributed by atoms with E-state index in [1.807, 2.05) is 6.92 Å². The molecule has 116 valence electrons. The van der Waals surface area contributed by atoms with Gasteiger partial charge < -0.3 is 10.2 Å². The van der Waals surface area contributed by atoms with Gasteiger partial charge in [0, 0.05) is 19.1 Å². The van der Waals surface area contributed by atoms with Gasteiger partial charge in [0.15, 0.2) is 0 Å². The van der Waals surface area contributed by atoms with E-state index in [4.69, 9.17) is 11.6 Å². The standard InChI is InChI=1S/C15H19ClF2N2O/c1-2-6-20(9-10-4-3-5-19-10)15(21)11-7-14(18)12(16)8-13(11)17/h7-8,10,19H,2-6,9H2,1H3. The van der Waals surface area contributed by atoms with E-state index in [1.54, 1.807) is 4.90 Å². The minimum Gasteiger partial charge on any atom is -0.337 e. The molecule has 1 amide bonds. The first-order chi connectivity index (χ1) is 10.0. The van der Waals surface area contributed by atoms with E-state index in [2.05, 4.69) is 5.32 Å². The van der Waals surface area contributed by atoms with Crippen LogP contribution in [0.25, 0.3) is 0 Å². The van der Waals surface area contributed by atoms with Crippen LogP contribution in [0.3, 0.4) is 0 Å². The summed E-state index contributed by atoms with van der Waals surface area (Å²) in [6.45, 7) is 3.90. The lowest BCUT2D eigenvalue weighted by atomic mass is 10.1. The minimum atomic E-state index is -0.785. The number of nitrogens with one attached hydrogen (secondary N) is 1. The van der Waals surface area contributed by atoms with Gasteiger partial charge in [0.05, 0.1) is 10.6 Å². The lowest BCUT2D eigenvalue weighted by Crippen LogP contribution is -2.41. The summed E-state index contributed by atoms with van der Waals surface area (Å²) in [5.41, 5.74) is -0.261. The zero-order valence-electron chi connectivity index (χ0n) is 12.0. The number of hydrogen-bond donors (Lipinski definition) is 1. The molecule has 0 bridgehead atoms. The number of amides is 1. The van der Waals surface area contributed by atoms with E-state index in [-0.39, 0.29) is 16.6 Å². The largest absolute Gasteiger partial charge is 0.337 e. The predicted molar refractivity (Wildman–Crippen MR) is 78.6 cm³/mol. The van der Waals surface area contributed by atoms with Crippen molar-refractivity contribution in [2.24, 2.45) is 0 Å². The van der Waals surface area contributed by atoms with Crippen LogP contribution in [0.15, 0.2) is 12.1 Å². The summed E-state index contributed by atoms with van der Waals surface area (Å²) in [6.07, 6.45) is 2.82. The molecule has 0 aromatic heterocycles. The number of hydrogen-bond acceptors (Lipinski definition) is 2. The van der Waals surface area contributed by atoms with Crippen molar-refractivity contribution in [2.75, 3.05) is 19.6 Å². The van der Waals surface area contributed by atoms with E-state index >= 15 is 0 Å². The molecule has 0 spiro atoms. The maximum atomic E-state index is 13.9. The van der Waals surface area contributed by atoms with Crippen molar-refractivity contribution in [3.63, 3.8) is 0 Å². The lowest BCUT2D eigenvalue weighted by Gasteiger charge is -2.26. The van der Waals surface area contributed by atoms with Crippen LogP contribution < -0.4 is 5.32 Å². The molecule has 6 heteroatoms. The molecule has 0 radical (unpaired) electrons. The van der Waals surface area contributed by atoms with Gasteiger partial charge in [0.1, 0.15) is 11.6 Å². The molecule has 0 saturated carbocycles. The lowest BCUT2D eigenvalue weighted by molar-refractivity contribution is 0.0736. The van der Waals surface area contributed by atoms with Crippen LogP contribution in [0.4, 0.5) is 8.78 Å². The van der Waals surface area contributed by atoms with Crippen molar-refractivity contribution in [1.82, 2.24) is 10.2 Å². The van der Waals surface area contributed by atoms with Gasteiger partial charge in [0.2, 0.25) is 0 Å². The van der Waals surface area contributed by atoms with E-state index in [0.717, 1.165) is 37.9 Å². The predicted octanol–water partition coefficient (Wildman–Crippen LogP) is 3.22. The highest BCUT2D eigenvalue weighted by Crippen LogP contribution is 2.21. The second-order valence-electron chi connectivity index (χ2n) is 5.29. The summed E-state index contributed by atoms with van der Waals surface area (Å²) in [5.74, 6) is -2.05. The number of rotatable bonds is 5. The highest BCUT2D eigenvalue weighted by molar-refractivity contribution is 6.30. The van der Waals surface area contributed by atoms with Crippen LogP contribution in [-0.4, -0.2) is 36.5 Å². The Morgan fingerprint density at radius 1 is 1.43 bits per heavy atom. The fraction of sp³-hybridized carbons (Fsp3) is 0.533. The molecular weight excluding hydrogens is 298 g/mol. The monoisotopic (exact) mass is 316 g/mol. The number of nitrogens with zero attached hydrogens (tertiary/aromatic N) is 1. The molecule has 1 unspecified atom stereocenters. The molecule has 1 aliphatic rings. The third-order valence-electron chi connectivity index (χ3n) is 3.62. The van der Waals surface area contributed by atoms with Crippen molar-refractivity contribution in [3.05, 3.63) is 34.4 Å². The van der Waals surface area contributed by atoms with Crippen LogP contribution in [0, 0.1) is 11.6 Å². The van der Waals surface area contributed by atoms with E-state index in [0.29, 0.717) is 13.1 Å². The fourth-order valence-electron chi connectivity index (χ4n) is 2.58. The maximum Gasteiger partial charge on any atom is 0.256 e. The molecule has 1 aliphatic heterocycles. The van der Waals surface area contributed by atoms with E-state index in [1.165, 1.54) is 0 Å². The van der Waals surface area contributed by atoms with Crippen LogP contribution in [0.5, 0.6) is 0 Å². The van der Waals surface area contributed by atoms with Crippen LogP contribution >= 0.6 is 11.6 Å². The number of carbonyl (C=O) groups excluding carboxylic acids is 1. The van der Waals surface area contributed by atoms with Crippen LogP contribution in [0.1, 0.15) is 36.5 Å². The highest BCUT2D eigenvalue weighted by Gasteiger charge is 2.24. The maximum absolute atomic E-state index is 13.9. The van der Waals surface area contributed by atoms with Gasteiger partial charge in [-0.05, 0) is 37.9 Å². The second-order valence-corrected chi connectivity index (χ2v) is 5.70.